The number of hydrogen-bond donors (Lipinski definition) is 3. The summed E-state index contributed by atoms with van der Waals surface area (Å²) in [5.74, 6) is 0.940. The first kappa shape index (κ1) is 16.4. The molecule has 0 amide bonds. The van der Waals surface area contributed by atoms with Gasteiger partial charge >= 0.3 is 0 Å². The second-order valence-corrected chi connectivity index (χ2v) is 5.50. The number of aromatic nitrogens is 1. The minimum atomic E-state index is 0.848. The van der Waals surface area contributed by atoms with E-state index in [2.05, 4.69) is 64.9 Å². The lowest BCUT2D eigenvalue weighted by atomic mass is 10.1. The van der Waals surface area contributed by atoms with Crippen LogP contribution < -0.4 is 10.6 Å². The van der Waals surface area contributed by atoms with Crippen molar-refractivity contribution in [2.45, 2.75) is 39.5 Å². The third kappa shape index (κ3) is 4.79. The minimum absolute atomic E-state index is 0.848. The molecule has 1 aromatic heterocycles. The molecule has 1 heterocycles. The van der Waals surface area contributed by atoms with Gasteiger partial charge in [0.25, 0.3) is 0 Å². The topological polar surface area (TPSA) is 52.2 Å². The van der Waals surface area contributed by atoms with Crippen LogP contribution in [0.5, 0.6) is 0 Å². The molecule has 0 aliphatic carbocycles. The average Bonchev–Trinajstić information content (AvgIpc) is 2.95. The Morgan fingerprint density at radius 1 is 1.14 bits per heavy atom. The molecule has 0 aliphatic heterocycles. The number of benzene rings is 1. The molecular weight excluding hydrogens is 272 g/mol. The summed E-state index contributed by atoms with van der Waals surface area (Å²) in [6.45, 7) is 7.04. The number of hydrogen-bond acceptors (Lipinski definition) is 1. The van der Waals surface area contributed by atoms with Crippen LogP contribution in [0.4, 0.5) is 0 Å². The quantitative estimate of drug-likeness (QED) is 0.397. The van der Waals surface area contributed by atoms with Crippen LogP contribution in [0.15, 0.2) is 35.5 Å². The van der Waals surface area contributed by atoms with Gasteiger partial charge in [-0.2, -0.15) is 0 Å². The van der Waals surface area contributed by atoms with E-state index in [1.54, 1.807) is 0 Å². The lowest BCUT2D eigenvalue weighted by Gasteiger charge is -2.10. The molecular formula is C18H28N4. The van der Waals surface area contributed by atoms with Crippen LogP contribution in [0.1, 0.15) is 38.7 Å². The molecule has 2 aromatic rings. The number of fused-ring (bicyclic) bond motifs is 1. The average molecular weight is 300 g/mol. The molecule has 0 fully saturated rings. The monoisotopic (exact) mass is 300 g/mol. The smallest absolute Gasteiger partial charge is 0.191 e. The molecule has 0 atom stereocenters. The van der Waals surface area contributed by atoms with E-state index in [0.717, 1.165) is 38.4 Å². The molecule has 4 nitrogen and oxygen atoms in total. The Balaban J connectivity index is 1.82. The summed E-state index contributed by atoms with van der Waals surface area (Å²) in [5.41, 5.74) is 2.60. The molecule has 22 heavy (non-hydrogen) atoms. The van der Waals surface area contributed by atoms with Gasteiger partial charge in [-0.15, -0.1) is 0 Å². The number of nitrogens with one attached hydrogen (secondary N) is 3. The number of unbranched alkanes of at least 4 members (excludes halogenated alkanes) is 1. The number of guanidine groups is 1. The number of para-hydroxylation sites is 1. The first-order valence-corrected chi connectivity index (χ1v) is 8.42. The Hall–Kier alpha value is -1.97. The van der Waals surface area contributed by atoms with E-state index in [0.29, 0.717) is 0 Å². The lowest BCUT2D eigenvalue weighted by Crippen LogP contribution is -2.37. The van der Waals surface area contributed by atoms with Crippen LogP contribution in [0.3, 0.4) is 0 Å². The van der Waals surface area contributed by atoms with Crippen molar-refractivity contribution in [1.82, 2.24) is 15.6 Å². The molecule has 0 unspecified atom stereocenters. The fourth-order valence-electron chi connectivity index (χ4n) is 2.52. The van der Waals surface area contributed by atoms with Crippen molar-refractivity contribution in [2.75, 3.05) is 19.6 Å². The maximum Gasteiger partial charge on any atom is 0.191 e. The summed E-state index contributed by atoms with van der Waals surface area (Å²) in [4.78, 5) is 7.98. The predicted octanol–water partition coefficient (Wildman–Crippen LogP) is 3.46. The van der Waals surface area contributed by atoms with Crippen molar-refractivity contribution < 1.29 is 0 Å². The van der Waals surface area contributed by atoms with Gasteiger partial charge in [0.05, 0.1) is 0 Å². The zero-order valence-corrected chi connectivity index (χ0v) is 13.8. The van der Waals surface area contributed by atoms with Crippen molar-refractivity contribution >= 4 is 16.9 Å². The maximum atomic E-state index is 4.65. The van der Waals surface area contributed by atoms with Crippen LogP contribution in [0, 0.1) is 0 Å². The molecule has 0 aliphatic rings. The zero-order chi connectivity index (χ0) is 15.6. The molecule has 0 saturated carbocycles. The van der Waals surface area contributed by atoms with Gasteiger partial charge in [-0.25, -0.2) is 0 Å². The molecule has 3 N–H and O–H groups in total. The number of nitrogens with zero attached hydrogens (tertiary/aromatic N) is 1. The van der Waals surface area contributed by atoms with Gasteiger partial charge in [-0.05, 0) is 37.8 Å². The second-order valence-electron chi connectivity index (χ2n) is 5.50. The van der Waals surface area contributed by atoms with Gasteiger partial charge in [-0.3, -0.25) is 4.99 Å². The third-order valence-corrected chi connectivity index (χ3v) is 3.72. The molecule has 0 bridgehead atoms. The molecule has 4 heteroatoms. The third-order valence-electron chi connectivity index (χ3n) is 3.72. The van der Waals surface area contributed by atoms with Crippen molar-refractivity contribution in [3.05, 3.63) is 36.0 Å². The number of aliphatic imine (C=N–C) groups is 1. The van der Waals surface area contributed by atoms with Gasteiger partial charge in [0.1, 0.15) is 0 Å². The predicted molar refractivity (Wildman–Crippen MR) is 95.5 cm³/mol. The first-order chi connectivity index (χ1) is 10.8. The van der Waals surface area contributed by atoms with E-state index in [-0.39, 0.29) is 0 Å². The fourth-order valence-corrected chi connectivity index (χ4v) is 2.52. The summed E-state index contributed by atoms with van der Waals surface area (Å²) in [5, 5.41) is 8.01. The molecule has 120 valence electrons. The molecule has 0 radical (unpaired) electrons. The Kier molecular flexibility index (Phi) is 6.81. The van der Waals surface area contributed by atoms with Crippen LogP contribution >= 0.6 is 0 Å². The zero-order valence-electron chi connectivity index (χ0n) is 13.8. The van der Waals surface area contributed by atoms with Gasteiger partial charge in [0, 0.05) is 36.7 Å². The van der Waals surface area contributed by atoms with Gasteiger partial charge in [0.15, 0.2) is 5.96 Å². The van der Waals surface area contributed by atoms with Crippen LogP contribution in [0.25, 0.3) is 10.9 Å². The lowest BCUT2D eigenvalue weighted by molar-refractivity contribution is 0.725. The van der Waals surface area contributed by atoms with Gasteiger partial charge in [-0.1, -0.05) is 31.5 Å². The summed E-state index contributed by atoms with van der Waals surface area (Å²) in [6.07, 6.45) is 6.62. The highest BCUT2D eigenvalue weighted by Crippen LogP contribution is 2.18. The van der Waals surface area contributed by atoms with Crippen molar-refractivity contribution in [1.29, 1.82) is 0 Å². The minimum Gasteiger partial charge on any atom is -0.361 e. The first-order valence-electron chi connectivity index (χ1n) is 8.42. The van der Waals surface area contributed by atoms with Crippen LogP contribution in [-0.4, -0.2) is 30.6 Å². The van der Waals surface area contributed by atoms with Crippen molar-refractivity contribution in [3.63, 3.8) is 0 Å². The SMILES string of the molecule is CCCCNC(=NCCCc1c[nH]c2ccccc12)NCC. The van der Waals surface area contributed by atoms with E-state index in [1.807, 2.05) is 0 Å². The summed E-state index contributed by atoms with van der Waals surface area (Å²) >= 11 is 0. The largest absolute Gasteiger partial charge is 0.361 e. The summed E-state index contributed by atoms with van der Waals surface area (Å²) < 4.78 is 0. The highest BCUT2D eigenvalue weighted by Gasteiger charge is 2.02. The molecule has 0 spiro atoms. The Bertz CT molecular complexity index is 586. The van der Waals surface area contributed by atoms with E-state index in [1.165, 1.54) is 29.3 Å². The fraction of sp³-hybridized carbons (Fsp3) is 0.500. The van der Waals surface area contributed by atoms with Crippen LogP contribution in [-0.2, 0) is 6.42 Å². The second kappa shape index (κ2) is 9.13. The Morgan fingerprint density at radius 2 is 2.00 bits per heavy atom. The Morgan fingerprint density at radius 3 is 2.82 bits per heavy atom. The number of aromatic amines is 1. The molecule has 0 saturated heterocycles. The number of H-pyrrole nitrogens is 1. The van der Waals surface area contributed by atoms with Crippen molar-refractivity contribution in [3.8, 4) is 0 Å². The molecule has 1 aromatic carbocycles. The summed E-state index contributed by atoms with van der Waals surface area (Å²) in [7, 11) is 0. The van der Waals surface area contributed by atoms with E-state index in [9.17, 15) is 0 Å². The maximum absolute atomic E-state index is 4.65. The highest BCUT2D eigenvalue weighted by molar-refractivity contribution is 5.83. The van der Waals surface area contributed by atoms with Gasteiger partial charge in [0.2, 0.25) is 0 Å². The highest BCUT2D eigenvalue weighted by atomic mass is 15.2. The summed E-state index contributed by atoms with van der Waals surface area (Å²) in [6, 6.07) is 8.47. The number of rotatable bonds is 8. The normalized spacial score (nSPS) is 11.8. The molecule has 2 rings (SSSR count). The standard InChI is InChI=1S/C18H28N4/c1-3-5-12-20-18(19-4-2)21-13-8-9-15-14-22-17-11-7-6-10-16(15)17/h6-7,10-11,14,22H,3-5,8-9,12-13H2,1-2H3,(H2,19,20,21). The van der Waals surface area contributed by atoms with Crippen LogP contribution in [0.2, 0.25) is 0 Å². The van der Waals surface area contributed by atoms with E-state index < -0.39 is 0 Å². The van der Waals surface area contributed by atoms with E-state index in [4.69, 9.17) is 0 Å². The van der Waals surface area contributed by atoms with Gasteiger partial charge < -0.3 is 15.6 Å². The Labute approximate surface area is 133 Å². The van der Waals surface area contributed by atoms with E-state index >= 15 is 0 Å². The number of aryl methyl sites for hydroxylation is 1. The van der Waals surface area contributed by atoms with Crippen molar-refractivity contribution in [2.24, 2.45) is 4.99 Å².